The summed E-state index contributed by atoms with van der Waals surface area (Å²) in [7, 11) is 0. The molecule has 0 aromatic carbocycles. The molecule has 0 spiro atoms. The van der Waals surface area contributed by atoms with Gasteiger partial charge >= 0.3 is 0 Å². The van der Waals surface area contributed by atoms with Crippen LogP contribution in [0.3, 0.4) is 0 Å². The van der Waals surface area contributed by atoms with Gasteiger partial charge in [0.25, 0.3) is 6.02 Å². The van der Waals surface area contributed by atoms with Crippen molar-refractivity contribution in [1.29, 1.82) is 0 Å². The summed E-state index contributed by atoms with van der Waals surface area (Å²) in [5.74, 6) is 0.840. The lowest BCUT2D eigenvalue weighted by atomic mass is 10.1. The van der Waals surface area contributed by atoms with Gasteiger partial charge < -0.3 is 15.4 Å². The Hall–Kier alpha value is -0.770. The van der Waals surface area contributed by atoms with Crippen LogP contribution in [0.15, 0.2) is 4.99 Å². The summed E-state index contributed by atoms with van der Waals surface area (Å²) in [6.45, 7) is 5.08. The van der Waals surface area contributed by atoms with Gasteiger partial charge in [-0.2, -0.15) is 0 Å². The largest absolute Gasteiger partial charge is 0.465 e. The lowest BCUT2D eigenvalue weighted by Crippen LogP contribution is -2.31. The van der Waals surface area contributed by atoms with Crippen molar-refractivity contribution in [2.75, 3.05) is 32.8 Å². The molecule has 0 amide bonds. The van der Waals surface area contributed by atoms with E-state index in [2.05, 4.69) is 15.6 Å². The summed E-state index contributed by atoms with van der Waals surface area (Å²) >= 11 is 0. The van der Waals surface area contributed by atoms with E-state index < -0.39 is 0 Å². The van der Waals surface area contributed by atoms with Crippen LogP contribution in [0.4, 0.5) is 0 Å². The zero-order valence-corrected chi connectivity index (χ0v) is 8.59. The van der Waals surface area contributed by atoms with E-state index in [0.29, 0.717) is 0 Å². The van der Waals surface area contributed by atoms with E-state index in [4.69, 9.17) is 4.74 Å². The lowest BCUT2D eigenvalue weighted by Gasteiger charge is -2.16. The standard InChI is InChI=1S/C10H19N3O/c1-4-12-10(14-7-1)13-6-3-9-2-5-11-8-9/h9,11H,1-8H2,(H,12,13). The zero-order chi connectivity index (χ0) is 9.64. The number of hydrogen-bond acceptors (Lipinski definition) is 4. The molecular weight excluding hydrogens is 178 g/mol. The molecule has 14 heavy (non-hydrogen) atoms. The van der Waals surface area contributed by atoms with Crippen LogP contribution in [0.25, 0.3) is 0 Å². The highest BCUT2D eigenvalue weighted by Crippen LogP contribution is 2.10. The molecule has 1 unspecified atom stereocenters. The Balaban J connectivity index is 1.59. The molecule has 0 aliphatic carbocycles. The second-order valence-corrected chi connectivity index (χ2v) is 3.96. The predicted octanol–water partition coefficient (Wildman–Crippen LogP) is 0.352. The maximum atomic E-state index is 5.37. The van der Waals surface area contributed by atoms with E-state index in [0.717, 1.165) is 38.1 Å². The van der Waals surface area contributed by atoms with Gasteiger partial charge in [-0.3, -0.25) is 0 Å². The molecule has 4 heteroatoms. The van der Waals surface area contributed by atoms with Crippen molar-refractivity contribution < 1.29 is 4.74 Å². The van der Waals surface area contributed by atoms with Crippen molar-refractivity contribution in [3.05, 3.63) is 0 Å². The Morgan fingerprint density at radius 3 is 3.29 bits per heavy atom. The molecule has 2 N–H and O–H groups in total. The molecule has 4 nitrogen and oxygen atoms in total. The Kier molecular flexibility index (Phi) is 3.63. The molecule has 1 atom stereocenters. The quantitative estimate of drug-likeness (QED) is 0.686. The highest BCUT2D eigenvalue weighted by atomic mass is 16.5. The van der Waals surface area contributed by atoms with Gasteiger partial charge in [0, 0.05) is 19.5 Å². The first kappa shape index (κ1) is 9.77. The molecule has 2 aliphatic heterocycles. The first-order valence-electron chi connectivity index (χ1n) is 5.57. The van der Waals surface area contributed by atoms with Crippen LogP contribution in [0, 0.1) is 5.92 Å². The highest BCUT2D eigenvalue weighted by Gasteiger charge is 2.14. The fourth-order valence-electron chi connectivity index (χ4n) is 1.91. The van der Waals surface area contributed by atoms with Gasteiger partial charge in [-0.1, -0.05) is 0 Å². The van der Waals surface area contributed by atoms with Crippen molar-refractivity contribution in [3.63, 3.8) is 0 Å². The van der Waals surface area contributed by atoms with Crippen LogP contribution in [0.5, 0.6) is 0 Å². The van der Waals surface area contributed by atoms with Gasteiger partial charge in [-0.15, -0.1) is 0 Å². The maximum absolute atomic E-state index is 5.37. The fourth-order valence-corrected chi connectivity index (χ4v) is 1.91. The topological polar surface area (TPSA) is 45.7 Å². The predicted molar refractivity (Wildman–Crippen MR) is 56.5 cm³/mol. The Morgan fingerprint density at radius 2 is 2.57 bits per heavy atom. The van der Waals surface area contributed by atoms with Gasteiger partial charge in [0.05, 0.1) is 6.61 Å². The third kappa shape index (κ3) is 2.87. The van der Waals surface area contributed by atoms with Crippen molar-refractivity contribution in [1.82, 2.24) is 10.6 Å². The monoisotopic (exact) mass is 197 g/mol. The van der Waals surface area contributed by atoms with Crippen LogP contribution >= 0.6 is 0 Å². The molecule has 80 valence electrons. The van der Waals surface area contributed by atoms with E-state index in [1.54, 1.807) is 0 Å². The van der Waals surface area contributed by atoms with E-state index in [1.807, 2.05) is 0 Å². The Labute approximate surface area is 85.1 Å². The van der Waals surface area contributed by atoms with Crippen LogP contribution in [0.1, 0.15) is 19.3 Å². The number of rotatable bonds is 3. The fraction of sp³-hybridized carbons (Fsp3) is 0.900. The Morgan fingerprint density at radius 1 is 1.57 bits per heavy atom. The number of hydrogen-bond donors (Lipinski definition) is 2. The molecule has 0 radical (unpaired) electrons. The van der Waals surface area contributed by atoms with Crippen LogP contribution in [-0.4, -0.2) is 38.8 Å². The molecule has 0 saturated carbocycles. The minimum atomic E-state index is 0.752. The number of nitrogens with zero attached hydrogens (tertiary/aromatic N) is 1. The number of ether oxygens (including phenoxy) is 1. The molecule has 0 bridgehead atoms. The number of nitrogens with one attached hydrogen (secondary N) is 2. The SMILES string of the molecule is C1CN=C(NCCC2CCNC2)OC1. The summed E-state index contributed by atoms with van der Waals surface area (Å²) in [4.78, 5) is 4.26. The molecule has 2 heterocycles. The van der Waals surface area contributed by atoms with Crippen molar-refractivity contribution in [2.24, 2.45) is 10.9 Å². The summed E-state index contributed by atoms with van der Waals surface area (Å²) in [6.07, 6.45) is 3.59. The van der Waals surface area contributed by atoms with Crippen molar-refractivity contribution in [2.45, 2.75) is 19.3 Å². The minimum Gasteiger partial charge on any atom is -0.465 e. The minimum absolute atomic E-state index is 0.752. The Bertz CT molecular complexity index is 200. The third-order valence-electron chi connectivity index (χ3n) is 2.79. The van der Waals surface area contributed by atoms with E-state index in [1.165, 1.54) is 25.9 Å². The second kappa shape index (κ2) is 5.20. The summed E-state index contributed by atoms with van der Waals surface area (Å²) in [6, 6.07) is 0.752. The first-order valence-corrected chi connectivity index (χ1v) is 5.57. The maximum Gasteiger partial charge on any atom is 0.284 e. The summed E-state index contributed by atoms with van der Waals surface area (Å²) < 4.78 is 5.37. The highest BCUT2D eigenvalue weighted by molar-refractivity contribution is 5.73. The average Bonchev–Trinajstić information content (AvgIpc) is 2.72. The van der Waals surface area contributed by atoms with Crippen molar-refractivity contribution in [3.8, 4) is 0 Å². The van der Waals surface area contributed by atoms with Crippen molar-refractivity contribution >= 4 is 6.02 Å². The third-order valence-corrected chi connectivity index (χ3v) is 2.79. The smallest absolute Gasteiger partial charge is 0.284 e. The van der Waals surface area contributed by atoms with Gasteiger partial charge in [-0.25, -0.2) is 4.99 Å². The molecular formula is C10H19N3O. The van der Waals surface area contributed by atoms with Crippen LogP contribution in [-0.2, 0) is 4.74 Å². The number of aliphatic imine (C=N–C) groups is 1. The molecule has 1 saturated heterocycles. The van der Waals surface area contributed by atoms with Gasteiger partial charge in [0.1, 0.15) is 0 Å². The zero-order valence-electron chi connectivity index (χ0n) is 8.59. The molecule has 0 aromatic rings. The lowest BCUT2D eigenvalue weighted by molar-refractivity contribution is 0.266. The summed E-state index contributed by atoms with van der Waals surface area (Å²) in [5, 5.41) is 6.62. The summed E-state index contributed by atoms with van der Waals surface area (Å²) in [5.41, 5.74) is 0. The molecule has 0 aromatic heterocycles. The van der Waals surface area contributed by atoms with Crippen LogP contribution in [0.2, 0.25) is 0 Å². The van der Waals surface area contributed by atoms with E-state index >= 15 is 0 Å². The molecule has 2 rings (SSSR count). The van der Waals surface area contributed by atoms with Gasteiger partial charge in [-0.05, 0) is 31.8 Å². The van der Waals surface area contributed by atoms with Crippen LogP contribution < -0.4 is 10.6 Å². The van der Waals surface area contributed by atoms with Gasteiger partial charge in [0.2, 0.25) is 0 Å². The molecule has 1 fully saturated rings. The normalized spacial score (nSPS) is 26.9. The first-order chi connectivity index (χ1) is 6.95. The second-order valence-electron chi connectivity index (χ2n) is 3.96. The van der Waals surface area contributed by atoms with E-state index in [-0.39, 0.29) is 0 Å². The van der Waals surface area contributed by atoms with Gasteiger partial charge in [0.15, 0.2) is 0 Å². The molecule has 2 aliphatic rings. The van der Waals surface area contributed by atoms with E-state index in [9.17, 15) is 0 Å². The number of amidine groups is 1. The average molecular weight is 197 g/mol.